The van der Waals surface area contributed by atoms with Crippen molar-refractivity contribution in [1.29, 1.82) is 0 Å². The van der Waals surface area contributed by atoms with Gasteiger partial charge in [-0.3, -0.25) is 14.3 Å². The molecule has 0 bridgehead atoms. The lowest BCUT2D eigenvalue weighted by Gasteiger charge is -2.35. The van der Waals surface area contributed by atoms with E-state index in [1.54, 1.807) is 6.92 Å². The minimum absolute atomic E-state index is 0.0453. The van der Waals surface area contributed by atoms with Crippen LogP contribution in [-0.2, 0) is 37.7 Å². The van der Waals surface area contributed by atoms with Gasteiger partial charge in [0.05, 0.1) is 19.8 Å². The maximum absolute atomic E-state index is 12.4. The van der Waals surface area contributed by atoms with E-state index in [4.69, 9.17) is 35.6 Å². The zero-order valence-electron chi connectivity index (χ0n) is 19.7. The Morgan fingerprint density at radius 3 is 2.58 bits per heavy atom. The average molecular weight is 505 g/mol. The molecule has 1 aliphatic rings. The van der Waals surface area contributed by atoms with E-state index >= 15 is 0 Å². The molecule has 0 spiro atoms. The quantitative estimate of drug-likeness (QED) is 0.123. The Morgan fingerprint density at radius 1 is 1.30 bits per heavy atom. The fraction of sp³-hybridized carbons (Fsp3) is 0.700. The third kappa shape index (κ3) is 7.04. The third-order valence-electron chi connectivity index (χ3n) is 4.78. The van der Waals surface area contributed by atoms with E-state index in [-0.39, 0.29) is 24.3 Å². The zero-order chi connectivity index (χ0) is 24.8. The van der Waals surface area contributed by atoms with E-state index < -0.39 is 51.3 Å². The van der Waals surface area contributed by atoms with Crippen LogP contribution in [0.25, 0.3) is 0 Å². The number of H-pyrrole nitrogens is 1. The minimum Gasteiger partial charge on any atom is -0.461 e. The first-order valence-electron chi connectivity index (χ1n) is 10.6. The molecule has 4 atom stereocenters. The van der Waals surface area contributed by atoms with E-state index in [1.165, 1.54) is 16.8 Å². The first kappa shape index (κ1) is 27.3. The Hall–Kier alpha value is -1.90. The standard InChI is InChI=1S/C20H32N2O9SSi/c1-11(2)29-15-13(9-27-10-28-33-12(3)4)30-18(22-8-7-14(23)21-19(22)32)20(15,5)31-17(25)16(24)26-6/h7-8,11-13,15,18H,9-10,33H2,1-6H3,(H,21,23,32)/t13-,15+,18-,20?/m1/s1. The number of rotatable bonds is 10. The molecule has 1 saturated heterocycles. The molecule has 2 heterocycles. The Bertz CT molecular complexity index is 935. The Labute approximate surface area is 199 Å². The number of carbonyl (C=O) groups excluding carboxylic acids is 2. The largest absolute Gasteiger partial charge is 0.461 e. The number of esters is 2. The maximum Gasteiger partial charge on any atom is 0.418 e. The fourth-order valence-corrected chi connectivity index (χ4v) is 4.36. The normalized spacial score (nSPS) is 25.3. The molecule has 1 aromatic heterocycles. The van der Waals surface area contributed by atoms with E-state index in [0.717, 1.165) is 7.11 Å². The van der Waals surface area contributed by atoms with Gasteiger partial charge in [-0.25, -0.2) is 9.59 Å². The van der Waals surface area contributed by atoms with Gasteiger partial charge in [0.25, 0.3) is 5.56 Å². The van der Waals surface area contributed by atoms with Crippen molar-refractivity contribution in [2.45, 2.75) is 70.3 Å². The number of nitrogens with one attached hydrogen (secondary N) is 1. The highest BCUT2D eigenvalue weighted by Crippen LogP contribution is 2.43. The molecule has 0 aliphatic carbocycles. The van der Waals surface area contributed by atoms with E-state index in [2.05, 4.69) is 23.6 Å². The van der Waals surface area contributed by atoms with Gasteiger partial charge in [-0.2, -0.15) is 0 Å². The Kier molecular flexibility index (Phi) is 9.94. The summed E-state index contributed by atoms with van der Waals surface area (Å²) in [5.74, 6) is -2.38. The summed E-state index contributed by atoms with van der Waals surface area (Å²) >= 11 is 5.29. The highest BCUT2D eigenvalue weighted by Gasteiger charge is 2.59. The SMILES string of the molecule is COC(=O)C(=O)OC1(C)[C@@H](OC(C)C)[C@@H](COCO[SiH2]C(C)C)O[C@H]1n1ccc(=O)[nH]c1=S. The molecule has 11 nitrogen and oxygen atoms in total. The number of aromatic amines is 1. The van der Waals surface area contributed by atoms with Crippen LogP contribution >= 0.6 is 12.2 Å². The molecular formula is C20H32N2O9SSi. The van der Waals surface area contributed by atoms with Gasteiger partial charge in [-0.1, -0.05) is 13.8 Å². The first-order chi connectivity index (χ1) is 15.5. The van der Waals surface area contributed by atoms with E-state index in [1.807, 2.05) is 13.8 Å². The van der Waals surface area contributed by atoms with Crippen molar-refractivity contribution in [3.63, 3.8) is 0 Å². The summed E-state index contributed by atoms with van der Waals surface area (Å²) in [5, 5.41) is 0. The molecule has 1 fully saturated rings. The van der Waals surface area contributed by atoms with Gasteiger partial charge in [0.15, 0.2) is 26.4 Å². The second-order valence-electron chi connectivity index (χ2n) is 8.47. The van der Waals surface area contributed by atoms with Crippen LogP contribution in [0.15, 0.2) is 17.1 Å². The molecule has 2 rings (SSSR count). The predicted molar refractivity (Wildman–Crippen MR) is 122 cm³/mol. The number of nitrogens with zero attached hydrogens (tertiary/aromatic N) is 1. The number of hydrogen-bond acceptors (Lipinski definition) is 10. The lowest BCUT2D eigenvalue weighted by atomic mass is 9.95. The van der Waals surface area contributed by atoms with Gasteiger partial charge in [-0.05, 0) is 38.5 Å². The predicted octanol–water partition coefficient (Wildman–Crippen LogP) is 0.975. The van der Waals surface area contributed by atoms with E-state index in [9.17, 15) is 14.4 Å². The van der Waals surface area contributed by atoms with Crippen molar-refractivity contribution < 1.29 is 37.7 Å². The van der Waals surface area contributed by atoms with Crippen LogP contribution < -0.4 is 5.56 Å². The molecule has 13 heteroatoms. The number of methoxy groups -OCH3 is 1. The number of carbonyl (C=O) groups is 2. The Morgan fingerprint density at radius 2 is 2.00 bits per heavy atom. The van der Waals surface area contributed by atoms with Crippen LogP contribution in [0.5, 0.6) is 0 Å². The summed E-state index contributed by atoms with van der Waals surface area (Å²) in [7, 11) is 0.368. The van der Waals surface area contributed by atoms with Crippen LogP contribution in [-0.4, -0.2) is 75.7 Å². The second kappa shape index (κ2) is 12.0. The summed E-state index contributed by atoms with van der Waals surface area (Å²) in [4.78, 5) is 38.4. The van der Waals surface area contributed by atoms with Gasteiger partial charge < -0.3 is 28.1 Å². The molecule has 0 aromatic carbocycles. The van der Waals surface area contributed by atoms with Gasteiger partial charge >= 0.3 is 11.9 Å². The molecule has 1 aromatic rings. The van der Waals surface area contributed by atoms with Crippen LogP contribution in [0.2, 0.25) is 5.54 Å². The molecule has 1 aliphatic heterocycles. The first-order valence-corrected chi connectivity index (χ1v) is 12.4. The fourth-order valence-electron chi connectivity index (χ4n) is 3.42. The topological polar surface area (TPSA) is 127 Å². The number of hydrogen-bond donors (Lipinski definition) is 1. The Balaban J connectivity index is 2.39. The van der Waals surface area contributed by atoms with E-state index in [0.29, 0.717) is 5.54 Å². The van der Waals surface area contributed by atoms with Crippen molar-refractivity contribution in [2.75, 3.05) is 20.5 Å². The van der Waals surface area contributed by atoms with Crippen LogP contribution in [0.3, 0.4) is 0 Å². The number of ether oxygens (including phenoxy) is 5. The van der Waals surface area contributed by atoms with Gasteiger partial charge in [0.1, 0.15) is 19.0 Å². The van der Waals surface area contributed by atoms with Crippen LogP contribution in [0, 0.1) is 4.77 Å². The third-order valence-corrected chi connectivity index (χ3v) is 6.17. The van der Waals surface area contributed by atoms with Crippen molar-refractivity contribution in [1.82, 2.24) is 9.55 Å². The highest BCUT2D eigenvalue weighted by molar-refractivity contribution is 7.71. The van der Waals surface area contributed by atoms with Crippen LogP contribution in [0.1, 0.15) is 40.8 Å². The average Bonchev–Trinajstić information content (AvgIpc) is 2.98. The van der Waals surface area contributed by atoms with Crippen molar-refractivity contribution in [2.24, 2.45) is 0 Å². The second-order valence-corrected chi connectivity index (χ2v) is 11.2. The summed E-state index contributed by atoms with van der Waals surface area (Å²) in [5.41, 5.74) is -1.43. The van der Waals surface area contributed by atoms with Gasteiger partial charge in [0, 0.05) is 12.3 Å². The molecule has 0 saturated carbocycles. The molecule has 186 valence electrons. The smallest absolute Gasteiger partial charge is 0.418 e. The maximum atomic E-state index is 12.4. The number of aromatic nitrogens is 2. The zero-order valence-corrected chi connectivity index (χ0v) is 21.9. The van der Waals surface area contributed by atoms with Crippen molar-refractivity contribution >= 4 is 33.9 Å². The monoisotopic (exact) mass is 504 g/mol. The highest BCUT2D eigenvalue weighted by atomic mass is 32.1. The summed E-state index contributed by atoms with van der Waals surface area (Å²) in [6, 6.07) is 1.26. The molecule has 0 amide bonds. The van der Waals surface area contributed by atoms with Crippen molar-refractivity contribution in [3.05, 3.63) is 27.4 Å². The lowest BCUT2D eigenvalue weighted by Crippen LogP contribution is -2.51. The molecule has 1 N–H and O–H groups in total. The molecule has 1 unspecified atom stereocenters. The van der Waals surface area contributed by atoms with Gasteiger partial charge in [-0.15, -0.1) is 0 Å². The van der Waals surface area contributed by atoms with Gasteiger partial charge in [0.2, 0.25) is 0 Å². The van der Waals surface area contributed by atoms with Crippen molar-refractivity contribution in [3.8, 4) is 0 Å². The minimum atomic E-state index is -1.52. The summed E-state index contributed by atoms with van der Waals surface area (Å²) in [6.45, 7) is 9.54. The van der Waals surface area contributed by atoms with Crippen LogP contribution in [0.4, 0.5) is 0 Å². The molecule has 33 heavy (non-hydrogen) atoms. The molecule has 0 radical (unpaired) electrons. The lowest BCUT2D eigenvalue weighted by molar-refractivity contribution is -0.194. The summed E-state index contributed by atoms with van der Waals surface area (Å²) in [6.07, 6.45) is -1.43. The molecular weight excluding hydrogens is 472 g/mol. The summed E-state index contributed by atoms with van der Waals surface area (Å²) < 4.78 is 35.1.